The van der Waals surface area contributed by atoms with Gasteiger partial charge in [0.2, 0.25) is 0 Å². The summed E-state index contributed by atoms with van der Waals surface area (Å²) in [5, 5.41) is 3.76. The molecule has 27 heavy (non-hydrogen) atoms. The van der Waals surface area contributed by atoms with Crippen molar-refractivity contribution in [3.8, 4) is 0 Å². The lowest BCUT2D eigenvalue weighted by atomic mass is 9.83. The largest absolute Gasteiger partial charge is 0.348 e. The highest BCUT2D eigenvalue weighted by Gasteiger charge is 2.44. The van der Waals surface area contributed by atoms with Crippen LogP contribution < -0.4 is 5.32 Å². The van der Waals surface area contributed by atoms with Crippen LogP contribution in [0.1, 0.15) is 63.2 Å². The van der Waals surface area contributed by atoms with Gasteiger partial charge in [0.1, 0.15) is 0 Å². The normalized spacial score (nSPS) is 28.4. The third kappa shape index (κ3) is 4.30. The topological polar surface area (TPSA) is 63.7 Å². The van der Waals surface area contributed by atoms with Gasteiger partial charge in [-0.05, 0) is 51.4 Å². The molecule has 2 amide bonds. The third-order valence-corrected chi connectivity index (χ3v) is 7.20. The van der Waals surface area contributed by atoms with E-state index in [9.17, 15) is 4.79 Å². The molecule has 0 unspecified atom stereocenters. The molecule has 3 fully saturated rings. The lowest BCUT2D eigenvalue weighted by Gasteiger charge is -2.45. The van der Waals surface area contributed by atoms with E-state index in [0.29, 0.717) is 24.4 Å². The Bertz CT molecular complexity index is 641. The Hall–Kier alpha value is -1.18. The van der Waals surface area contributed by atoms with Crippen molar-refractivity contribution in [2.75, 3.05) is 18.5 Å². The maximum absolute atomic E-state index is 13.2. The molecule has 1 aliphatic heterocycles. The Balaban J connectivity index is 1.46. The van der Waals surface area contributed by atoms with E-state index >= 15 is 0 Å². The van der Waals surface area contributed by atoms with Crippen LogP contribution in [0.5, 0.6) is 0 Å². The number of hydrogen-bond acceptors (Lipinski definition) is 5. The van der Waals surface area contributed by atoms with Crippen molar-refractivity contribution in [2.24, 2.45) is 5.92 Å². The van der Waals surface area contributed by atoms with Gasteiger partial charge < -0.3 is 14.4 Å². The second-order valence-corrected chi connectivity index (χ2v) is 9.60. The first kappa shape index (κ1) is 19.2. The molecule has 7 heteroatoms. The Labute approximate surface area is 165 Å². The van der Waals surface area contributed by atoms with Crippen molar-refractivity contribution in [3.05, 3.63) is 11.1 Å². The number of hydrogen-bond donors (Lipinski definition) is 1. The fourth-order valence-corrected chi connectivity index (χ4v) is 5.48. The number of amides is 2. The summed E-state index contributed by atoms with van der Waals surface area (Å²) in [5.74, 6) is 0.384. The first-order chi connectivity index (χ1) is 13.0. The van der Waals surface area contributed by atoms with E-state index in [4.69, 9.17) is 9.47 Å². The van der Waals surface area contributed by atoms with Gasteiger partial charge in [-0.1, -0.05) is 6.92 Å². The van der Waals surface area contributed by atoms with Crippen molar-refractivity contribution >= 4 is 22.5 Å². The van der Waals surface area contributed by atoms with Gasteiger partial charge in [-0.15, -0.1) is 11.3 Å². The highest BCUT2D eigenvalue weighted by molar-refractivity contribution is 7.15. The maximum atomic E-state index is 13.2. The predicted molar refractivity (Wildman–Crippen MR) is 106 cm³/mol. The van der Waals surface area contributed by atoms with Crippen molar-refractivity contribution in [3.63, 3.8) is 0 Å². The van der Waals surface area contributed by atoms with E-state index in [2.05, 4.69) is 22.1 Å². The summed E-state index contributed by atoms with van der Waals surface area (Å²) >= 11 is 1.53. The second kappa shape index (κ2) is 8.05. The smallest absolute Gasteiger partial charge is 0.324 e. The van der Waals surface area contributed by atoms with Gasteiger partial charge in [-0.25, -0.2) is 9.78 Å². The van der Waals surface area contributed by atoms with Crippen LogP contribution in [0, 0.1) is 12.8 Å². The highest BCUT2D eigenvalue weighted by Crippen LogP contribution is 2.39. The fraction of sp³-hybridized carbons (Fsp3) is 0.800. The standard InChI is InChI=1S/C20H31N3O3S/c1-14-3-5-16(6-4-14)23(19(24)22-18-21-13-15(2)27-18)17-7-9-20(10-8-17)25-11-12-26-20/h13-14,16-17H,3-12H2,1-2H3,(H,21,22,24). The average molecular weight is 394 g/mol. The minimum atomic E-state index is -0.383. The molecule has 4 rings (SSSR count). The van der Waals surface area contributed by atoms with Crippen molar-refractivity contribution in [2.45, 2.75) is 83.1 Å². The number of ether oxygens (including phenoxy) is 2. The van der Waals surface area contributed by atoms with E-state index in [0.717, 1.165) is 49.3 Å². The molecule has 1 spiro atoms. The molecular formula is C20H31N3O3S. The SMILES string of the molecule is Cc1cnc(NC(=O)N(C2CCC(C)CC2)C2CCC3(CC2)OCCO3)s1. The number of nitrogens with zero attached hydrogens (tertiary/aromatic N) is 2. The molecule has 0 atom stereocenters. The van der Waals surface area contributed by atoms with Crippen LogP contribution in [0.2, 0.25) is 0 Å². The maximum Gasteiger partial charge on any atom is 0.324 e. The molecule has 1 aromatic heterocycles. The summed E-state index contributed by atoms with van der Waals surface area (Å²) in [4.78, 5) is 20.8. The number of urea groups is 1. The molecule has 2 saturated carbocycles. The van der Waals surface area contributed by atoms with E-state index < -0.39 is 0 Å². The number of nitrogens with one attached hydrogen (secondary N) is 1. The number of aromatic nitrogens is 1. The zero-order chi connectivity index (χ0) is 18.9. The Morgan fingerprint density at radius 3 is 2.37 bits per heavy atom. The first-order valence-electron chi connectivity index (χ1n) is 10.3. The van der Waals surface area contributed by atoms with E-state index in [1.807, 2.05) is 13.1 Å². The lowest BCUT2D eigenvalue weighted by molar-refractivity contribution is -0.183. The summed E-state index contributed by atoms with van der Waals surface area (Å²) in [5.41, 5.74) is 0. The van der Waals surface area contributed by atoms with Crippen LogP contribution in [0.4, 0.5) is 9.93 Å². The van der Waals surface area contributed by atoms with Crippen molar-refractivity contribution in [1.29, 1.82) is 0 Å². The molecule has 3 aliphatic rings. The van der Waals surface area contributed by atoms with Gasteiger partial charge in [0, 0.05) is 36.0 Å². The summed E-state index contributed by atoms with van der Waals surface area (Å²) in [6.45, 7) is 5.71. The van der Waals surface area contributed by atoms with Crippen molar-refractivity contribution < 1.29 is 14.3 Å². The number of thiazole rings is 1. The molecular weight excluding hydrogens is 362 g/mol. The lowest BCUT2D eigenvalue weighted by Crippen LogP contribution is -2.53. The molecule has 1 N–H and O–H groups in total. The van der Waals surface area contributed by atoms with Gasteiger partial charge in [0.25, 0.3) is 0 Å². The summed E-state index contributed by atoms with van der Waals surface area (Å²) in [6, 6.07) is 0.590. The molecule has 0 bridgehead atoms. The minimum absolute atomic E-state index is 0.0121. The molecule has 0 aromatic carbocycles. The quantitative estimate of drug-likeness (QED) is 0.818. The van der Waals surface area contributed by atoms with Gasteiger partial charge >= 0.3 is 6.03 Å². The zero-order valence-corrected chi connectivity index (χ0v) is 17.2. The van der Waals surface area contributed by atoms with Gasteiger partial charge in [-0.3, -0.25) is 5.32 Å². The number of carbonyl (C=O) groups excluding carboxylic acids is 1. The Morgan fingerprint density at radius 2 is 1.78 bits per heavy atom. The summed E-state index contributed by atoms with van der Waals surface area (Å²) < 4.78 is 11.8. The molecule has 1 aromatic rings. The second-order valence-electron chi connectivity index (χ2n) is 8.37. The van der Waals surface area contributed by atoms with Gasteiger partial charge in [0.05, 0.1) is 13.2 Å². The summed E-state index contributed by atoms with van der Waals surface area (Å²) in [6.07, 6.45) is 10.0. The fourth-order valence-electron chi connectivity index (χ4n) is 4.83. The number of anilines is 1. The van der Waals surface area contributed by atoms with E-state index in [-0.39, 0.29) is 17.9 Å². The van der Waals surface area contributed by atoms with E-state index in [1.54, 1.807) is 0 Å². The zero-order valence-electron chi connectivity index (χ0n) is 16.4. The van der Waals surface area contributed by atoms with Gasteiger partial charge in [0.15, 0.2) is 10.9 Å². The van der Waals surface area contributed by atoms with Gasteiger partial charge in [-0.2, -0.15) is 0 Å². The highest BCUT2D eigenvalue weighted by atomic mass is 32.1. The molecule has 2 aliphatic carbocycles. The Morgan fingerprint density at radius 1 is 1.15 bits per heavy atom. The average Bonchev–Trinajstić information content (AvgIpc) is 3.28. The number of rotatable bonds is 3. The van der Waals surface area contributed by atoms with Crippen LogP contribution in [0.15, 0.2) is 6.20 Å². The molecule has 2 heterocycles. The molecule has 150 valence electrons. The molecule has 0 radical (unpaired) electrons. The minimum Gasteiger partial charge on any atom is -0.348 e. The van der Waals surface area contributed by atoms with Crippen LogP contribution in [-0.2, 0) is 9.47 Å². The van der Waals surface area contributed by atoms with Crippen LogP contribution in [-0.4, -0.2) is 47.0 Å². The third-order valence-electron chi connectivity index (χ3n) is 6.37. The van der Waals surface area contributed by atoms with E-state index in [1.165, 1.54) is 24.2 Å². The summed E-state index contributed by atoms with van der Waals surface area (Å²) in [7, 11) is 0. The molecule has 1 saturated heterocycles. The number of aryl methyl sites for hydroxylation is 1. The van der Waals surface area contributed by atoms with Crippen LogP contribution >= 0.6 is 11.3 Å². The van der Waals surface area contributed by atoms with Crippen LogP contribution in [0.25, 0.3) is 0 Å². The monoisotopic (exact) mass is 393 g/mol. The van der Waals surface area contributed by atoms with Crippen LogP contribution in [0.3, 0.4) is 0 Å². The first-order valence-corrected chi connectivity index (χ1v) is 11.2. The predicted octanol–water partition coefficient (Wildman–Crippen LogP) is 4.55. The number of carbonyl (C=O) groups is 1. The van der Waals surface area contributed by atoms with Crippen molar-refractivity contribution in [1.82, 2.24) is 9.88 Å². The Kier molecular flexibility index (Phi) is 5.71. The molecule has 6 nitrogen and oxygen atoms in total.